The average molecular weight is 801 g/mol. The van der Waals surface area contributed by atoms with E-state index in [9.17, 15) is 19.4 Å². The Morgan fingerprint density at radius 3 is 1.56 bits per heavy atom. The third kappa shape index (κ3) is 42.1. The van der Waals surface area contributed by atoms with Crippen molar-refractivity contribution in [3.05, 3.63) is 36.5 Å². The number of phosphoric ester groups is 1. The first-order chi connectivity index (χ1) is 26.8. The van der Waals surface area contributed by atoms with Gasteiger partial charge in [0.05, 0.1) is 26.4 Å². The first-order valence-corrected chi connectivity index (χ1v) is 24.0. The molecule has 3 N–H and O–H groups in total. The zero-order valence-corrected chi connectivity index (χ0v) is 36.3. The Bertz CT molecular complexity index is 955. The summed E-state index contributed by atoms with van der Waals surface area (Å²) < 4.78 is 33.4. The molecule has 0 aliphatic rings. The van der Waals surface area contributed by atoms with Gasteiger partial charge in [-0.25, -0.2) is 4.57 Å². The van der Waals surface area contributed by atoms with Crippen molar-refractivity contribution >= 4 is 13.8 Å². The molecule has 0 aromatic heterocycles. The monoisotopic (exact) mass is 801 g/mol. The Morgan fingerprint density at radius 2 is 1.04 bits per heavy atom. The van der Waals surface area contributed by atoms with Gasteiger partial charge >= 0.3 is 13.8 Å². The molecular weight excluding hydrogens is 715 g/mol. The van der Waals surface area contributed by atoms with Gasteiger partial charge in [-0.3, -0.25) is 13.8 Å². The van der Waals surface area contributed by atoms with Gasteiger partial charge in [-0.2, -0.15) is 0 Å². The lowest BCUT2D eigenvalue weighted by molar-refractivity contribution is -0.154. The van der Waals surface area contributed by atoms with Gasteiger partial charge in [0.15, 0.2) is 0 Å². The van der Waals surface area contributed by atoms with E-state index in [4.69, 9.17) is 23.6 Å². The molecule has 0 radical (unpaired) electrons. The van der Waals surface area contributed by atoms with E-state index in [1.165, 1.54) is 109 Å². The summed E-state index contributed by atoms with van der Waals surface area (Å²) in [6.07, 6.45) is 45.4. The standard InChI is InChI=1S/C45H85O9P/c1-3-5-7-9-11-13-15-17-19-20-21-22-23-24-25-27-29-31-33-35-37-45(48)54-44(42-53-55(49,50)52-40-43(47)39-46)41-51-38-36-34-32-30-28-26-18-16-14-12-10-8-6-4-2/h6,8,12,14,18,26,43-44,46-47H,3-5,7,9-11,13,15-17,19-25,27-42H2,1-2H3,(H,49,50)/b8-6-,14-12-,26-18-. The fourth-order valence-corrected chi connectivity index (χ4v) is 6.98. The fraction of sp³-hybridized carbons (Fsp3) is 0.844. The number of aliphatic hydroxyl groups excluding tert-OH is 2. The van der Waals surface area contributed by atoms with Crippen LogP contribution in [0, 0.1) is 0 Å². The molecule has 0 saturated carbocycles. The maximum Gasteiger partial charge on any atom is 0.472 e. The summed E-state index contributed by atoms with van der Waals surface area (Å²) in [6, 6.07) is 0. The number of carbonyl (C=O) groups excluding carboxylic acids is 1. The maximum absolute atomic E-state index is 12.6. The van der Waals surface area contributed by atoms with Gasteiger partial charge in [0, 0.05) is 13.0 Å². The molecule has 0 aromatic carbocycles. The minimum atomic E-state index is -4.52. The van der Waals surface area contributed by atoms with E-state index in [-0.39, 0.29) is 25.6 Å². The van der Waals surface area contributed by atoms with Crippen LogP contribution < -0.4 is 0 Å². The molecule has 0 saturated heterocycles. The van der Waals surface area contributed by atoms with Crippen LogP contribution in [0.2, 0.25) is 0 Å². The van der Waals surface area contributed by atoms with Crippen molar-refractivity contribution in [1.29, 1.82) is 0 Å². The summed E-state index contributed by atoms with van der Waals surface area (Å²) in [7, 11) is -4.52. The summed E-state index contributed by atoms with van der Waals surface area (Å²) in [5, 5.41) is 18.3. The fourth-order valence-electron chi connectivity index (χ4n) is 6.19. The van der Waals surface area contributed by atoms with Crippen molar-refractivity contribution in [2.75, 3.05) is 33.0 Å². The number of aliphatic hydroxyl groups is 2. The van der Waals surface area contributed by atoms with Crippen molar-refractivity contribution < 1.29 is 43.0 Å². The van der Waals surface area contributed by atoms with Gasteiger partial charge < -0.3 is 24.6 Å². The topological polar surface area (TPSA) is 132 Å². The van der Waals surface area contributed by atoms with Gasteiger partial charge in [0.1, 0.15) is 12.2 Å². The lowest BCUT2D eigenvalue weighted by Gasteiger charge is -2.20. The minimum absolute atomic E-state index is 0.0365. The molecule has 0 rings (SSSR count). The molecule has 0 bridgehead atoms. The number of carbonyl (C=O) groups is 1. The zero-order chi connectivity index (χ0) is 40.3. The normalized spacial score (nSPS) is 14.3. The summed E-state index contributed by atoms with van der Waals surface area (Å²) in [5.74, 6) is -0.388. The highest BCUT2D eigenvalue weighted by atomic mass is 31.2. The Labute approximate surface area is 337 Å². The lowest BCUT2D eigenvalue weighted by Crippen LogP contribution is -2.29. The number of unbranched alkanes of at least 4 members (excludes halogenated alkanes) is 23. The summed E-state index contributed by atoms with van der Waals surface area (Å²) >= 11 is 0. The molecule has 9 nitrogen and oxygen atoms in total. The van der Waals surface area contributed by atoms with Crippen LogP contribution >= 0.6 is 7.82 Å². The SMILES string of the molecule is CC/C=C\C/C=C\C/C=C\CCCCCCOCC(COP(=O)(O)OCC(O)CO)OC(=O)CCCCCCCCCCCCCCCCCCCCCC. The third-order valence-corrected chi connectivity index (χ3v) is 10.5. The van der Waals surface area contributed by atoms with E-state index in [0.717, 1.165) is 70.6 Å². The Balaban J connectivity index is 4.12. The average Bonchev–Trinajstić information content (AvgIpc) is 3.18. The first-order valence-electron chi connectivity index (χ1n) is 22.5. The number of hydrogen-bond acceptors (Lipinski definition) is 8. The molecule has 3 atom stereocenters. The van der Waals surface area contributed by atoms with Gasteiger partial charge in [0.25, 0.3) is 0 Å². The Morgan fingerprint density at radius 1 is 0.582 bits per heavy atom. The van der Waals surface area contributed by atoms with Crippen molar-refractivity contribution in [3.63, 3.8) is 0 Å². The smallest absolute Gasteiger partial charge is 0.457 e. The number of esters is 1. The largest absolute Gasteiger partial charge is 0.472 e. The summed E-state index contributed by atoms with van der Waals surface area (Å²) in [5.41, 5.74) is 0. The van der Waals surface area contributed by atoms with Crippen LogP contribution in [0.1, 0.15) is 200 Å². The molecule has 0 aliphatic heterocycles. The molecule has 3 unspecified atom stereocenters. The molecule has 10 heteroatoms. The molecule has 0 aliphatic carbocycles. The first kappa shape index (κ1) is 53.7. The van der Waals surface area contributed by atoms with E-state index < -0.39 is 33.2 Å². The second-order valence-corrected chi connectivity index (χ2v) is 16.5. The number of hydrogen-bond donors (Lipinski definition) is 3. The Kier molecular flexibility index (Phi) is 41.3. The predicted octanol–water partition coefficient (Wildman–Crippen LogP) is 12.4. The molecule has 0 amide bonds. The molecule has 0 spiro atoms. The lowest BCUT2D eigenvalue weighted by atomic mass is 10.0. The van der Waals surface area contributed by atoms with E-state index >= 15 is 0 Å². The van der Waals surface area contributed by atoms with Gasteiger partial charge in [-0.1, -0.05) is 185 Å². The van der Waals surface area contributed by atoms with Crippen molar-refractivity contribution in [2.45, 2.75) is 212 Å². The van der Waals surface area contributed by atoms with Crippen molar-refractivity contribution in [1.82, 2.24) is 0 Å². The summed E-state index contributed by atoms with van der Waals surface area (Å²) in [6.45, 7) is 3.38. The number of ether oxygens (including phenoxy) is 2. The zero-order valence-electron chi connectivity index (χ0n) is 35.4. The third-order valence-electron chi connectivity index (χ3n) is 9.59. The highest BCUT2D eigenvalue weighted by Crippen LogP contribution is 2.43. The maximum atomic E-state index is 12.6. The number of rotatable bonds is 43. The van der Waals surface area contributed by atoms with Crippen LogP contribution in [0.4, 0.5) is 0 Å². The Hall–Kier alpha value is -1.32. The molecular formula is C45H85O9P. The molecule has 55 heavy (non-hydrogen) atoms. The van der Waals surface area contributed by atoms with Crippen molar-refractivity contribution in [3.8, 4) is 0 Å². The van der Waals surface area contributed by atoms with Crippen LogP contribution in [0.15, 0.2) is 36.5 Å². The van der Waals surface area contributed by atoms with Crippen LogP contribution in [-0.2, 0) is 27.9 Å². The van der Waals surface area contributed by atoms with E-state index in [1.807, 2.05) is 0 Å². The molecule has 324 valence electrons. The number of phosphoric acid groups is 1. The van der Waals surface area contributed by atoms with Gasteiger partial charge in [-0.05, 0) is 44.9 Å². The highest BCUT2D eigenvalue weighted by Gasteiger charge is 2.26. The van der Waals surface area contributed by atoms with Crippen LogP contribution in [-0.4, -0.2) is 66.3 Å². The second kappa shape index (κ2) is 42.3. The van der Waals surface area contributed by atoms with Crippen LogP contribution in [0.5, 0.6) is 0 Å². The van der Waals surface area contributed by atoms with Crippen molar-refractivity contribution in [2.24, 2.45) is 0 Å². The molecule has 0 heterocycles. The van der Waals surface area contributed by atoms with E-state index in [2.05, 4.69) is 50.3 Å². The second-order valence-electron chi connectivity index (χ2n) is 15.0. The van der Waals surface area contributed by atoms with Gasteiger partial charge in [-0.15, -0.1) is 0 Å². The van der Waals surface area contributed by atoms with E-state index in [0.29, 0.717) is 6.61 Å². The quantitative estimate of drug-likeness (QED) is 0.0239. The van der Waals surface area contributed by atoms with Crippen LogP contribution in [0.25, 0.3) is 0 Å². The van der Waals surface area contributed by atoms with Crippen LogP contribution in [0.3, 0.4) is 0 Å². The summed E-state index contributed by atoms with van der Waals surface area (Å²) in [4.78, 5) is 22.6. The van der Waals surface area contributed by atoms with E-state index in [1.54, 1.807) is 0 Å². The molecule has 0 fully saturated rings. The molecule has 0 aromatic rings. The number of allylic oxidation sites excluding steroid dienone is 6. The minimum Gasteiger partial charge on any atom is -0.457 e. The van der Waals surface area contributed by atoms with Gasteiger partial charge in [0.2, 0.25) is 0 Å². The highest BCUT2D eigenvalue weighted by molar-refractivity contribution is 7.47. The predicted molar refractivity (Wildman–Crippen MR) is 228 cm³/mol.